The molecule has 0 aliphatic heterocycles. The Hall–Kier alpha value is -1.79. The third kappa shape index (κ3) is 10.5. The molecule has 0 atom stereocenters. The molecule has 1 aromatic rings. The van der Waals surface area contributed by atoms with Crippen LogP contribution in [0.4, 0.5) is 0 Å². The van der Waals surface area contributed by atoms with Crippen molar-refractivity contribution in [3.8, 4) is 5.75 Å². The van der Waals surface area contributed by atoms with Crippen LogP contribution in [0.2, 0.25) is 0 Å². The molecule has 0 unspecified atom stereocenters. The monoisotopic (exact) mass is 335 g/mol. The molecular formula is C13H21NO9. The Morgan fingerprint density at radius 3 is 1.65 bits per heavy atom. The summed E-state index contributed by atoms with van der Waals surface area (Å²) in [4.78, 5) is 24.4. The van der Waals surface area contributed by atoms with Crippen LogP contribution in [-0.4, -0.2) is 76.5 Å². The molecule has 0 spiro atoms. The van der Waals surface area contributed by atoms with Gasteiger partial charge in [0.1, 0.15) is 11.3 Å². The summed E-state index contributed by atoms with van der Waals surface area (Å²) in [7, 11) is 0. The Kier molecular flexibility index (Phi) is 12.8. The molecule has 0 saturated carbocycles. The van der Waals surface area contributed by atoms with E-state index in [9.17, 15) is 4.79 Å². The first-order valence-electron chi connectivity index (χ1n) is 6.59. The topological polar surface area (TPSA) is 149 Å². The summed E-state index contributed by atoms with van der Waals surface area (Å²) in [5.41, 5.74) is -0.0671. The second-order valence-corrected chi connectivity index (χ2v) is 3.72. The Balaban J connectivity index is 0.000000433. The SMILES string of the molecule is O=C(O)c1ccccc1O.OCCON(OCCO)OCCO. The molecule has 0 amide bonds. The Morgan fingerprint density at radius 1 is 0.913 bits per heavy atom. The summed E-state index contributed by atoms with van der Waals surface area (Å²) in [6.07, 6.45) is 0. The fourth-order valence-electron chi connectivity index (χ4n) is 1.11. The van der Waals surface area contributed by atoms with E-state index in [0.717, 1.165) is 0 Å². The van der Waals surface area contributed by atoms with Gasteiger partial charge in [0.2, 0.25) is 0 Å². The van der Waals surface area contributed by atoms with Gasteiger partial charge >= 0.3 is 5.97 Å². The van der Waals surface area contributed by atoms with E-state index in [1.54, 1.807) is 12.1 Å². The molecule has 0 saturated heterocycles. The third-order valence-electron chi connectivity index (χ3n) is 2.00. The predicted octanol–water partition coefficient (Wildman–Crippen LogP) is -0.850. The van der Waals surface area contributed by atoms with Crippen LogP contribution in [0, 0.1) is 0 Å². The van der Waals surface area contributed by atoms with Crippen molar-refractivity contribution in [3.63, 3.8) is 0 Å². The number of hydrogen-bond acceptors (Lipinski definition) is 9. The molecule has 0 aromatic heterocycles. The zero-order valence-corrected chi connectivity index (χ0v) is 12.4. The number of benzene rings is 1. The highest BCUT2D eigenvalue weighted by molar-refractivity contribution is 5.90. The van der Waals surface area contributed by atoms with Crippen LogP contribution in [0.15, 0.2) is 24.3 Å². The standard InChI is InChI=1S/C7H6O3.C6H15NO6/c8-6-4-2-1-3-5(6)7(9)10;8-1-4-11-7(12-5-2-9)13-6-3-10/h1-4,8H,(H,9,10);8-10H,1-6H2. The van der Waals surface area contributed by atoms with Crippen molar-refractivity contribution < 1.29 is 44.8 Å². The normalized spacial score (nSPS) is 10.3. The number of rotatable bonds is 10. The lowest BCUT2D eigenvalue weighted by molar-refractivity contribution is -0.527. The molecule has 132 valence electrons. The molecule has 10 nitrogen and oxygen atoms in total. The van der Waals surface area contributed by atoms with Gasteiger partial charge in [-0.1, -0.05) is 12.1 Å². The number of carboxylic acid groups (broad SMARTS) is 1. The van der Waals surface area contributed by atoms with E-state index < -0.39 is 5.97 Å². The number of carbonyl (C=O) groups is 1. The Labute approximate surface area is 132 Å². The van der Waals surface area contributed by atoms with Crippen molar-refractivity contribution in [2.75, 3.05) is 39.6 Å². The van der Waals surface area contributed by atoms with Crippen LogP contribution < -0.4 is 0 Å². The van der Waals surface area contributed by atoms with Crippen LogP contribution in [-0.2, 0) is 14.5 Å². The number of hydrogen-bond donors (Lipinski definition) is 5. The summed E-state index contributed by atoms with van der Waals surface area (Å²) in [5.74, 6) is -1.31. The van der Waals surface area contributed by atoms with E-state index in [1.807, 2.05) is 0 Å². The van der Waals surface area contributed by atoms with Crippen molar-refractivity contribution in [1.82, 2.24) is 5.39 Å². The predicted molar refractivity (Wildman–Crippen MR) is 76.0 cm³/mol. The fraction of sp³-hybridized carbons (Fsp3) is 0.462. The van der Waals surface area contributed by atoms with E-state index in [0.29, 0.717) is 5.39 Å². The first-order chi connectivity index (χ1) is 11.1. The molecule has 5 N–H and O–H groups in total. The number of aliphatic hydroxyl groups is 3. The van der Waals surface area contributed by atoms with Crippen LogP contribution >= 0.6 is 0 Å². The van der Waals surface area contributed by atoms with Gasteiger partial charge in [-0.15, -0.1) is 0 Å². The van der Waals surface area contributed by atoms with Crippen molar-refractivity contribution in [2.45, 2.75) is 0 Å². The number of aromatic carboxylic acids is 1. The molecule has 0 radical (unpaired) electrons. The maximum Gasteiger partial charge on any atom is 0.339 e. The molecule has 0 bridgehead atoms. The summed E-state index contributed by atoms with van der Waals surface area (Å²) >= 11 is 0. The highest BCUT2D eigenvalue weighted by Gasteiger charge is 2.06. The van der Waals surface area contributed by atoms with E-state index >= 15 is 0 Å². The van der Waals surface area contributed by atoms with Crippen LogP contribution in [0.5, 0.6) is 5.75 Å². The number of nitrogens with zero attached hydrogens (tertiary/aromatic N) is 1. The lowest BCUT2D eigenvalue weighted by Crippen LogP contribution is -2.28. The van der Waals surface area contributed by atoms with Crippen LogP contribution in [0.1, 0.15) is 10.4 Å². The van der Waals surface area contributed by atoms with E-state index in [-0.39, 0.29) is 51.0 Å². The van der Waals surface area contributed by atoms with Gasteiger partial charge in [-0.3, -0.25) is 0 Å². The molecule has 0 aliphatic carbocycles. The van der Waals surface area contributed by atoms with Crippen molar-refractivity contribution in [3.05, 3.63) is 29.8 Å². The zero-order valence-electron chi connectivity index (χ0n) is 12.4. The van der Waals surface area contributed by atoms with Gasteiger partial charge in [0.05, 0.1) is 45.0 Å². The number of carboxylic acids is 1. The van der Waals surface area contributed by atoms with Gasteiger partial charge in [0.25, 0.3) is 0 Å². The Bertz CT molecular complexity index is 411. The smallest absolute Gasteiger partial charge is 0.339 e. The summed E-state index contributed by atoms with van der Waals surface area (Å²) in [5, 5.41) is 43.2. The largest absolute Gasteiger partial charge is 0.507 e. The minimum absolute atomic E-state index is 0.0108. The first kappa shape index (κ1) is 21.2. The minimum Gasteiger partial charge on any atom is -0.507 e. The van der Waals surface area contributed by atoms with Gasteiger partial charge in [-0.25, -0.2) is 19.3 Å². The van der Waals surface area contributed by atoms with Gasteiger partial charge in [-0.05, 0) is 12.1 Å². The quantitative estimate of drug-likeness (QED) is 0.342. The second kappa shape index (κ2) is 13.8. The van der Waals surface area contributed by atoms with Gasteiger partial charge in [-0.2, -0.15) is 0 Å². The van der Waals surface area contributed by atoms with Crippen molar-refractivity contribution in [2.24, 2.45) is 0 Å². The average molecular weight is 335 g/mol. The molecule has 0 heterocycles. The number of phenols is 1. The molecule has 1 rings (SSSR count). The van der Waals surface area contributed by atoms with E-state index in [2.05, 4.69) is 0 Å². The van der Waals surface area contributed by atoms with E-state index in [4.69, 9.17) is 40.0 Å². The van der Waals surface area contributed by atoms with E-state index in [1.165, 1.54) is 12.1 Å². The first-order valence-corrected chi connectivity index (χ1v) is 6.59. The lowest BCUT2D eigenvalue weighted by atomic mass is 10.2. The minimum atomic E-state index is -1.11. The second-order valence-electron chi connectivity index (χ2n) is 3.72. The average Bonchev–Trinajstić information content (AvgIpc) is 2.55. The van der Waals surface area contributed by atoms with Crippen LogP contribution in [0.3, 0.4) is 0 Å². The summed E-state index contributed by atoms with van der Waals surface area (Å²) in [6.45, 7) is -0.505. The Morgan fingerprint density at radius 2 is 1.35 bits per heavy atom. The van der Waals surface area contributed by atoms with Crippen molar-refractivity contribution in [1.29, 1.82) is 0 Å². The number of para-hydroxylation sites is 1. The fourth-order valence-corrected chi connectivity index (χ4v) is 1.11. The molecular weight excluding hydrogens is 314 g/mol. The summed E-state index contributed by atoms with van der Waals surface area (Å²) in [6, 6.07) is 5.81. The maximum absolute atomic E-state index is 10.3. The lowest BCUT2D eigenvalue weighted by Gasteiger charge is -2.17. The van der Waals surface area contributed by atoms with Crippen LogP contribution in [0.25, 0.3) is 0 Å². The van der Waals surface area contributed by atoms with Gasteiger partial charge < -0.3 is 25.5 Å². The molecule has 10 heteroatoms. The summed E-state index contributed by atoms with van der Waals surface area (Å²) < 4.78 is 0. The maximum atomic E-state index is 10.3. The van der Waals surface area contributed by atoms with Crippen molar-refractivity contribution >= 4 is 5.97 Å². The van der Waals surface area contributed by atoms with Gasteiger partial charge in [0.15, 0.2) is 0 Å². The van der Waals surface area contributed by atoms with Gasteiger partial charge in [0, 0.05) is 0 Å². The zero-order chi connectivity index (χ0) is 17.5. The number of aliphatic hydroxyl groups excluding tert-OH is 3. The third-order valence-corrected chi connectivity index (χ3v) is 2.00. The highest BCUT2D eigenvalue weighted by atomic mass is 17.2. The molecule has 0 aliphatic rings. The molecule has 1 aromatic carbocycles. The number of aromatic hydroxyl groups is 1. The molecule has 0 fully saturated rings. The molecule has 23 heavy (non-hydrogen) atoms. The highest BCUT2D eigenvalue weighted by Crippen LogP contribution is 2.14.